The van der Waals surface area contributed by atoms with Crippen LogP contribution in [-0.4, -0.2) is 24.2 Å². The van der Waals surface area contributed by atoms with Crippen molar-refractivity contribution >= 4 is 24.6 Å². The van der Waals surface area contributed by atoms with Crippen LogP contribution in [0.5, 0.6) is 0 Å². The molecule has 0 unspecified atom stereocenters. The van der Waals surface area contributed by atoms with E-state index in [0.717, 1.165) is 6.08 Å². The lowest BCUT2D eigenvalue weighted by Gasteiger charge is -1.83. The Labute approximate surface area is 75.9 Å². The van der Waals surface area contributed by atoms with Gasteiger partial charge in [-0.2, -0.15) is 0 Å². The van der Waals surface area contributed by atoms with Crippen molar-refractivity contribution in [1.29, 1.82) is 0 Å². The van der Waals surface area contributed by atoms with Gasteiger partial charge in [0.05, 0.1) is 12.0 Å². The van der Waals surface area contributed by atoms with E-state index >= 15 is 0 Å². The number of carboxylic acid groups (broad SMARTS) is 1. The normalized spacial score (nSPS) is 7.17. The first-order chi connectivity index (χ1) is 5.45. The van der Waals surface area contributed by atoms with Crippen LogP contribution in [-0.2, 0) is 14.3 Å². The third-order valence-electron chi connectivity index (χ3n) is 0.615. The maximum Gasteiger partial charge on any atom is 0.341 e. The fraction of sp³-hybridized carbons (Fsp3) is 0.143. The second-order valence-electron chi connectivity index (χ2n) is 1.48. The van der Waals surface area contributed by atoms with Crippen LogP contribution in [0.3, 0.4) is 0 Å². The van der Waals surface area contributed by atoms with Gasteiger partial charge in [0.1, 0.15) is 0 Å². The Bertz CT molecular complexity index is 183. The number of methoxy groups -OCH3 is 1. The lowest BCUT2D eigenvalue weighted by molar-refractivity contribution is -0.135. The Morgan fingerprint density at radius 2 is 1.92 bits per heavy atom. The van der Waals surface area contributed by atoms with Crippen molar-refractivity contribution in [2.75, 3.05) is 7.11 Å². The molecule has 0 aromatic rings. The zero-order valence-corrected chi connectivity index (χ0v) is 7.51. The smallest absolute Gasteiger partial charge is 0.341 e. The minimum atomic E-state index is -1.07. The third-order valence-corrected chi connectivity index (χ3v) is 0.806. The summed E-state index contributed by atoms with van der Waals surface area (Å²) in [7, 11) is 1.31. The van der Waals surface area contributed by atoms with Gasteiger partial charge in [-0.05, 0) is 0 Å². The molecule has 1 N–H and O–H groups in total. The Kier molecular flexibility index (Phi) is 8.77. The van der Waals surface area contributed by atoms with Crippen LogP contribution in [0.1, 0.15) is 0 Å². The van der Waals surface area contributed by atoms with Crippen molar-refractivity contribution < 1.29 is 19.4 Å². The molecule has 5 heteroatoms. The van der Waals surface area contributed by atoms with E-state index in [4.69, 9.17) is 5.11 Å². The van der Waals surface area contributed by atoms with E-state index in [9.17, 15) is 9.59 Å². The van der Waals surface area contributed by atoms with E-state index in [0.29, 0.717) is 0 Å². The topological polar surface area (TPSA) is 63.6 Å². The van der Waals surface area contributed by atoms with Crippen LogP contribution >= 0.6 is 12.6 Å². The molecule has 0 amide bonds. The molecule has 0 aliphatic heterocycles. The van der Waals surface area contributed by atoms with Gasteiger partial charge in [-0.1, -0.05) is 13.2 Å². The Hall–Kier alpha value is -1.23. The van der Waals surface area contributed by atoms with Crippen molar-refractivity contribution in [2.45, 2.75) is 0 Å². The molecule has 0 radical (unpaired) electrons. The van der Waals surface area contributed by atoms with Crippen LogP contribution < -0.4 is 0 Å². The van der Waals surface area contributed by atoms with Gasteiger partial charge in [0.2, 0.25) is 0 Å². The number of ether oxygens (including phenoxy) is 1. The van der Waals surface area contributed by atoms with Crippen molar-refractivity contribution in [1.82, 2.24) is 0 Å². The Morgan fingerprint density at radius 1 is 1.58 bits per heavy atom. The second-order valence-corrected chi connectivity index (χ2v) is 2.02. The average molecular weight is 190 g/mol. The van der Waals surface area contributed by atoms with E-state index in [2.05, 4.69) is 30.5 Å². The molecule has 0 aliphatic rings. The summed E-state index contributed by atoms with van der Waals surface area (Å²) in [5.74, 6) is -1.46. The molecule has 68 valence electrons. The van der Waals surface area contributed by atoms with Crippen molar-refractivity contribution in [3.05, 3.63) is 24.1 Å². The Balaban J connectivity index is 0. The van der Waals surface area contributed by atoms with Gasteiger partial charge in [-0.3, -0.25) is 0 Å². The molecule has 0 fully saturated rings. The molecular weight excluding hydrogens is 180 g/mol. The van der Waals surface area contributed by atoms with Gasteiger partial charge in [-0.15, -0.1) is 12.6 Å². The van der Waals surface area contributed by atoms with Crippen LogP contribution in [0.15, 0.2) is 24.1 Å². The maximum absolute atomic E-state index is 9.84. The number of carboxylic acids is 1. The summed E-state index contributed by atoms with van der Waals surface area (Å²) in [6.07, 6.45) is 1.11. The van der Waals surface area contributed by atoms with E-state index < -0.39 is 11.9 Å². The lowest BCUT2D eigenvalue weighted by Crippen LogP contribution is -1.91. The van der Waals surface area contributed by atoms with Crippen LogP contribution in [0.2, 0.25) is 0 Å². The molecule has 0 rings (SSSR count). The largest absolute Gasteiger partial charge is 0.477 e. The first kappa shape index (κ1) is 13.4. The minimum absolute atomic E-state index is 0.130. The molecule has 0 aromatic heterocycles. The van der Waals surface area contributed by atoms with Crippen molar-refractivity contribution in [3.63, 3.8) is 0 Å². The van der Waals surface area contributed by atoms with Gasteiger partial charge in [0.25, 0.3) is 0 Å². The molecule has 0 aromatic carbocycles. The number of thiol groups is 1. The number of esters is 1. The zero-order valence-electron chi connectivity index (χ0n) is 6.61. The van der Waals surface area contributed by atoms with Crippen molar-refractivity contribution in [2.24, 2.45) is 0 Å². The van der Waals surface area contributed by atoms with Gasteiger partial charge >= 0.3 is 11.9 Å². The fourth-order valence-electron chi connectivity index (χ4n) is 0.0833. The highest BCUT2D eigenvalue weighted by Crippen LogP contribution is 1.91. The molecule has 0 atom stereocenters. The lowest BCUT2D eigenvalue weighted by atomic mass is 10.7. The van der Waals surface area contributed by atoms with Crippen LogP contribution in [0.25, 0.3) is 0 Å². The summed E-state index contributed by atoms with van der Waals surface area (Å²) >= 11 is 3.40. The highest BCUT2D eigenvalue weighted by Gasteiger charge is 1.91. The summed E-state index contributed by atoms with van der Waals surface area (Å²) in [5.41, 5.74) is 0. The molecule has 0 saturated carbocycles. The summed E-state index contributed by atoms with van der Waals surface area (Å²) in [5, 5.41) is 7.81. The second kappa shape index (κ2) is 7.87. The highest BCUT2D eigenvalue weighted by atomic mass is 32.1. The fourth-order valence-corrected chi connectivity index (χ4v) is 0.0833. The maximum atomic E-state index is 9.84. The molecule has 0 heterocycles. The summed E-state index contributed by atoms with van der Waals surface area (Å²) < 4.78 is 4.14. The number of carbonyl (C=O) groups is 2. The van der Waals surface area contributed by atoms with E-state index in [1.54, 1.807) is 0 Å². The summed E-state index contributed by atoms with van der Waals surface area (Å²) in [4.78, 5) is 19.2. The van der Waals surface area contributed by atoms with E-state index in [1.165, 1.54) is 7.11 Å². The summed E-state index contributed by atoms with van der Waals surface area (Å²) in [6.45, 7) is 6.18. The van der Waals surface area contributed by atoms with E-state index in [1.807, 2.05) is 0 Å². The molecule has 12 heavy (non-hydrogen) atoms. The van der Waals surface area contributed by atoms with Gasteiger partial charge in [0, 0.05) is 6.08 Å². The van der Waals surface area contributed by atoms with Crippen LogP contribution in [0.4, 0.5) is 0 Å². The summed E-state index contributed by atoms with van der Waals surface area (Å²) in [6, 6.07) is 0. The molecule has 4 nitrogen and oxygen atoms in total. The van der Waals surface area contributed by atoms with Gasteiger partial charge in [0.15, 0.2) is 0 Å². The first-order valence-corrected chi connectivity index (χ1v) is 3.22. The van der Waals surface area contributed by atoms with Crippen molar-refractivity contribution in [3.8, 4) is 0 Å². The van der Waals surface area contributed by atoms with Gasteiger partial charge < -0.3 is 9.84 Å². The molecule has 0 aliphatic carbocycles. The monoisotopic (exact) mass is 190 g/mol. The number of aliphatic carboxylic acids is 1. The average Bonchev–Trinajstić information content (AvgIpc) is 2.04. The van der Waals surface area contributed by atoms with E-state index in [-0.39, 0.29) is 4.91 Å². The third kappa shape index (κ3) is 11.6. The molecular formula is C7H10O4S. The number of rotatable bonds is 2. The standard InChI is InChI=1S/C4H6O2.C3H4O2S/c1-3-4(5)6-2;1-2(6)3(4)5/h3H,1H2,2H3;6H,1H2,(H,4,5). The van der Waals surface area contributed by atoms with Gasteiger partial charge in [-0.25, -0.2) is 9.59 Å². The first-order valence-electron chi connectivity index (χ1n) is 2.77. The number of carbonyl (C=O) groups excluding carboxylic acids is 1. The minimum Gasteiger partial charge on any atom is -0.477 e. The zero-order chi connectivity index (χ0) is 10.1. The van der Waals surface area contributed by atoms with Crippen LogP contribution in [0, 0.1) is 0 Å². The predicted octanol–water partition coefficient (Wildman–Crippen LogP) is 0.860. The Morgan fingerprint density at radius 3 is 1.92 bits per heavy atom. The highest BCUT2D eigenvalue weighted by molar-refractivity contribution is 7.85. The molecule has 0 saturated heterocycles. The quantitative estimate of drug-likeness (QED) is 0.385. The number of hydrogen-bond donors (Lipinski definition) is 2. The molecule has 0 bridgehead atoms. The predicted molar refractivity (Wildman–Crippen MR) is 48.0 cm³/mol. The SMILES string of the molecule is C=C(S)C(=O)O.C=CC(=O)OC. The molecule has 0 spiro atoms. The number of hydrogen-bond acceptors (Lipinski definition) is 4.